The molecule has 4 unspecified atom stereocenters. The Labute approximate surface area is 278 Å². The summed E-state index contributed by atoms with van der Waals surface area (Å²) in [4.78, 5) is 67.9. The molecule has 1 aliphatic rings. The topological polar surface area (TPSA) is 255 Å². The van der Waals surface area contributed by atoms with Crippen LogP contribution in [0.2, 0.25) is 0 Å². The summed E-state index contributed by atoms with van der Waals surface area (Å²) in [6.07, 6.45) is -7.07. The van der Waals surface area contributed by atoms with Gasteiger partial charge in [-0.2, -0.15) is 0 Å². The van der Waals surface area contributed by atoms with Crippen molar-refractivity contribution in [1.82, 2.24) is 25.8 Å². The number of carbonyl (C=O) groups is 5. The first kappa shape index (κ1) is 39.3. The highest BCUT2D eigenvalue weighted by Crippen LogP contribution is 2.28. The number of likely N-dealkylation sites (tertiary alicyclic amines) is 1. The highest BCUT2D eigenvalue weighted by atomic mass is 32.1. The average Bonchev–Trinajstić information content (AvgIpc) is 3.50. The Balaban J connectivity index is 2.49. The van der Waals surface area contributed by atoms with Crippen molar-refractivity contribution in [2.75, 3.05) is 20.1 Å². The molecule has 0 saturated carbocycles. The molecule has 1 aromatic rings. The van der Waals surface area contributed by atoms with Gasteiger partial charge in [0.15, 0.2) is 0 Å². The van der Waals surface area contributed by atoms with Gasteiger partial charge in [-0.05, 0) is 51.3 Å². The van der Waals surface area contributed by atoms with Crippen LogP contribution in [0.1, 0.15) is 51.7 Å². The van der Waals surface area contributed by atoms with E-state index in [-0.39, 0.29) is 35.7 Å². The van der Waals surface area contributed by atoms with Crippen molar-refractivity contribution >= 4 is 42.2 Å². The lowest BCUT2D eigenvalue weighted by Crippen LogP contribution is -2.63. The number of aromatic hydroxyl groups is 1. The van der Waals surface area contributed by atoms with Crippen molar-refractivity contribution in [2.45, 2.75) is 93.5 Å². The van der Waals surface area contributed by atoms with E-state index in [1.165, 1.54) is 37.1 Å². The molecule has 17 heteroatoms. The lowest BCUT2D eigenvalue weighted by Gasteiger charge is -2.33. The minimum Gasteiger partial charge on any atom is -0.507 e. The number of phenolic OH excluding ortho intramolecular Hbond substituents is 1. The van der Waals surface area contributed by atoms with Crippen LogP contribution >= 0.6 is 12.6 Å². The molecule has 8 atom stereocenters. The quantitative estimate of drug-likeness (QED) is 0.0824. The maximum atomic E-state index is 13.8. The lowest BCUT2D eigenvalue weighted by atomic mass is 9.96. The fraction of sp³-hybridized carbons (Fsp3) is 0.567. The minimum absolute atomic E-state index is 0.00256. The van der Waals surface area contributed by atoms with Crippen molar-refractivity contribution in [2.24, 2.45) is 5.73 Å². The van der Waals surface area contributed by atoms with Gasteiger partial charge in [0.05, 0.1) is 18.6 Å². The van der Waals surface area contributed by atoms with Crippen LogP contribution in [0.3, 0.4) is 0 Å². The molecule has 10 N–H and O–H groups in total. The molecule has 0 spiro atoms. The van der Waals surface area contributed by atoms with Crippen molar-refractivity contribution in [3.8, 4) is 5.75 Å². The van der Waals surface area contributed by atoms with E-state index in [1.807, 2.05) is 0 Å². The van der Waals surface area contributed by atoms with E-state index in [0.717, 1.165) is 4.90 Å². The summed E-state index contributed by atoms with van der Waals surface area (Å²) >= 11 is 4.10. The molecule has 5 amide bonds. The summed E-state index contributed by atoms with van der Waals surface area (Å²) in [7, 11) is 1.38. The molecular weight excluding hydrogens is 636 g/mol. The number of phenols is 1. The van der Waals surface area contributed by atoms with Gasteiger partial charge in [0.25, 0.3) is 0 Å². The van der Waals surface area contributed by atoms with Crippen molar-refractivity contribution < 1.29 is 49.5 Å². The number of amides is 5. The van der Waals surface area contributed by atoms with Crippen LogP contribution in [-0.2, 0) is 24.0 Å². The summed E-state index contributed by atoms with van der Waals surface area (Å²) in [5.74, 6) is -4.74. The molecule has 0 aliphatic carbocycles. The second-order valence-corrected chi connectivity index (χ2v) is 12.1. The van der Waals surface area contributed by atoms with Crippen LogP contribution in [-0.4, -0.2) is 127 Å². The van der Waals surface area contributed by atoms with Crippen LogP contribution < -0.4 is 21.7 Å². The van der Waals surface area contributed by atoms with Gasteiger partial charge in [-0.25, -0.2) is 0 Å². The summed E-state index contributed by atoms with van der Waals surface area (Å²) in [5, 5.41) is 60.5. The van der Waals surface area contributed by atoms with Crippen molar-refractivity contribution in [3.05, 3.63) is 36.0 Å². The van der Waals surface area contributed by atoms with Crippen LogP contribution in [0.5, 0.6) is 5.75 Å². The number of aliphatic hydroxyl groups excluding tert-OH is 4. The van der Waals surface area contributed by atoms with Crippen molar-refractivity contribution in [3.63, 3.8) is 0 Å². The number of benzene rings is 1. The second kappa shape index (κ2) is 17.3. The number of carbonyl (C=O) groups excluding carboxylic acids is 5. The zero-order chi connectivity index (χ0) is 35.7. The largest absolute Gasteiger partial charge is 0.507 e. The number of nitrogens with two attached hydrogens (primary N) is 1. The Morgan fingerprint density at radius 1 is 1.09 bits per heavy atom. The molecule has 1 heterocycles. The Morgan fingerprint density at radius 3 is 2.26 bits per heavy atom. The summed E-state index contributed by atoms with van der Waals surface area (Å²) in [6, 6.07) is -2.35. The molecule has 2 rings (SSSR count). The third-order valence-electron chi connectivity index (χ3n) is 7.78. The Kier molecular flexibility index (Phi) is 14.5. The summed E-state index contributed by atoms with van der Waals surface area (Å²) in [6.45, 7) is 8.59. The lowest BCUT2D eigenvalue weighted by molar-refractivity contribution is -0.145. The molecule has 1 aliphatic heterocycles. The number of primary amides is 1. The average molecular weight is 683 g/mol. The highest BCUT2D eigenvalue weighted by Gasteiger charge is 2.43. The number of nitrogens with one attached hydrogen (secondary N) is 3. The standard InChI is InChI=1S/C30H46N6O10S/c1-6-35(5)29(45)23(19(39)13-21(31)40)33-28(44)24(26(42)25(41)16-9-10-18(38)20(47)12-16)34-27(43)17-8-7-11-36(17)30(46)22(15(4)37)32-14(2)3/h9-10,12,15,17,19,22-26,32,37-39,41-42,47H,2,6-8,11,13H2,1,3-5H3,(H2,31,40)(H,33,44)(H,34,43)/t15-,17?,19-,22?,23?,24?,25+,26+/m1/s1. The fourth-order valence-electron chi connectivity index (χ4n) is 5.08. The Hall–Kier alpha value is -3.90. The number of rotatable bonds is 16. The van der Waals surface area contributed by atoms with E-state index >= 15 is 0 Å². The van der Waals surface area contributed by atoms with E-state index in [2.05, 4.69) is 35.2 Å². The zero-order valence-corrected chi connectivity index (χ0v) is 27.7. The SMILES string of the molecule is C=C(C)NC(C(=O)N1CCCC1C(=O)NC(C(=O)NC(C(=O)N(C)CC)[C@H](O)CC(N)=O)[C@H](O)[C@@H](O)c1ccc(O)c(S)c1)[C@@H](C)O. The summed E-state index contributed by atoms with van der Waals surface area (Å²) < 4.78 is 0. The van der Waals surface area contributed by atoms with Gasteiger partial charge in [-0.15, -0.1) is 12.6 Å². The molecule has 262 valence electrons. The number of aliphatic hydroxyl groups is 4. The summed E-state index contributed by atoms with van der Waals surface area (Å²) in [5.41, 5.74) is 5.60. The number of nitrogens with zero attached hydrogens (tertiary/aromatic N) is 2. The molecule has 1 saturated heterocycles. The van der Waals surface area contributed by atoms with Crippen LogP contribution in [0, 0.1) is 0 Å². The molecule has 1 aromatic carbocycles. The molecular formula is C30H46N6O10S. The van der Waals surface area contributed by atoms with E-state index in [9.17, 15) is 49.5 Å². The van der Waals surface area contributed by atoms with E-state index in [0.29, 0.717) is 12.1 Å². The van der Waals surface area contributed by atoms with Gasteiger partial charge in [0.2, 0.25) is 29.5 Å². The normalized spacial score (nSPS) is 18.9. The maximum Gasteiger partial charge on any atom is 0.248 e. The van der Waals surface area contributed by atoms with Gasteiger partial charge in [-0.1, -0.05) is 12.6 Å². The van der Waals surface area contributed by atoms with Gasteiger partial charge < -0.3 is 57.0 Å². The van der Waals surface area contributed by atoms with Gasteiger partial charge in [0, 0.05) is 30.7 Å². The number of allylic oxidation sites excluding steroid dienone is 1. The van der Waals surface area contributed by atoms with Gasteiger partial charge >= 0.3 is 0 Å². The van der Waals surface area contributed by atoms with Crippen LogP contribution in [0.4, 0.5) is 0 Å². The van der Waals surface area contributed by atoms with Crippen LogP contribution in [0.15, 0.2) is 35.4 Å². The predicted molar refractivity (Wildman–Crippen MR) is 171 cm³/mol. The number of hydrogen-bond acceptors (Lipinski definition) is 12. The number of hydrogen-bond donors (Lipinski definition) is 10. The zero-order valence-electron chi connectivity index (χ0n) is 26.8. The fourth-order valence-corrected chi connectivity index (χ4v) is 5.30. The highest BCUT2D eigenvalue weighted by molar-refractivity contribution is 7.80. The predicted octanol–water partition coefficient (Wildman–Crippen LogP) is -2.38. The Morgan fingerprint density at radius 2 is 1.72 bits per heavy atom. The van der Waals surface area contributed by atoms with E-state index in [4.69, 9.17) is 5.73 Å². The third-order valence-corrected chi connectivity index (χ3v) is 8.14. The van der Waals surface area contributed by atoms with Gasteiger partial charge in [-0.3, -0.25) is 24.0 Å². The molecule has 16 nitrogen and oxygen atoms in total. The second-order valence-electron chi connectivity index (χ2n) is 11.6. The smallest absolute Gasteiger partial charge is 0.248 e. The monoisotopic (exact) mass is 682 g/mol. The Bertz CT molecular complexity index is 1330. The van der Waals surface area contributed by atoms with E-state index < -0.39 is 84.5 Å². The van der Waals surface area contributed by atoms with Crippen LogP contribution in [0.25, 0.3) is 0 Å². The molecule has 0 aromatic heterocycles. The first-order chi connectivity index (χ1) is 21.9. The maximum absolute atomic E-state index is 13.8. The first-order valence-corrected chi connectivity index (χ1v) is 15.5. The number of thiol groups is 1. The van der Waals surface area contributed by atoms with E-state index in [1.54, 1.807) is 13.8 Å². The molecule has 47 heavy (non-hydrogen) atoms. The van der Waals surface area contributed by atoms with Gasteiger partial charge in [0.1, 0.15) is 42.1 Å². The third kappa shape index (κ3) is 10.3. The number of likely N-dealkylation sites (N-methyl/N-ethyl adjacent to an activating group) is 1. The molecule has 0 bridgehead atoms. The minimum atomic E-state index is -2.09. The molecule has 0 radical (unpaired) electrons. The first-order valence-electron chi connectivity index (χ1n) is 15.0. The molecule has 1 fully saturated rings. The van der Waals surface area contributed by atoms with Crippen molar-refractivity contribution in [1.29, 1.82) is 0 Å².